The lowest BCUT2D eigenvalue weighted by Crippen LogP contribution is -2.34. The number of ether oxygens (including phenoxy) is 4. The third kappa shape index (κ3) is 14.5. The molecule has 2 rings (SSSR count). The van der Waals surface area contributed by atoms with Gasteiger partial charge in [0.25, 0.3) is 10.1 Å². The summed E-state index contributed by atoms with van der Waals surface area (Å²) in [5.74, 6) is 3.33. The van der Waals surface area contributed by atoms with Gasteiger partial charge < -0.3 is 23.8 Å². The minimum absolute atomic E-state index is 0.0775. The van der Waals surface area contributed by atoms with Gasteiger partial charge in [-0.25, -0.2) is 0 Å². The summed E-state index contributed by atoms with van der Waals surface area (Å²) < 4.78 is 50.8. The number of amides is 1. The quantitative estimate of drug-likeness (QED) is 0.0836. The first-order valence-electron chi connectivity index (χ1n) is 13.7. The van der Waals surface area contributed by atoms with Crippen LogP contribution in [0.2, 0.25) is 0 Å². The van der Waals surface area contributed by atoms with Crippen molar-refractivity contribution in [2.24, 2.45) is 0 Å². The Balaban J connectivity index is 1.48. The van der Waals surface area contributed by atoms with E-state index in [0.29, 0.717) is 39.6 Å². The number of hydrogen-bond acceptors (Lipinski definition) is 9. The van der Waals surface area contributed by atoms with Gasteiger partial charge in [-0.1, -0.05) is 60.9 Å². The monoisotopic (exact) mass is 619 g/mol. The number of thioether (sulfide) groups is 1. The highest BCUT2D eigenvalue weighted by Gasteiger charge is 2.14. The van der Waals surface area contributed by atoms with Crippen LogP contribution in [0.5, 0.6) is 0 Å². The Hall–Kier alpha value is -2.69. The molecule has 0 atom stereocenters. The molecule has 42 heavy (non-hydrogen) atoms. The molecule has 0 fully saturated rings. The molecule has 0 unspecified atom stereocenters. The molecule has 2 aromatic rings. The molecule has 0 aromatic heterocycles. The van der Waals surface area contributed by atoms with E-state index in [1.165, 1.54) is 17.0 Å². The van der Waals surface area contributed by atoms with Gasteiger partial charge in [-0.2, -0.15) is 8.42 Å². The number of rotatable bonds is 22. The summed E-state index contributed by atoms with van der Waals surface area (Å²) in [6.07, 6.45) is 9.39. The van der Waals surface area contributed by atoms with Gasteiger partial charge in [0, 0.05) is 11.4 Å². The Morgan fingerprint density at radius 1 is 0.905 bits per heavy atom. The van der Waals surface area contributed by atoms with Crippen molar-refractivity contribution in [3.8, 4) is 12.3 Å². The Kier molecular flexibility index (Phi) is 17.8. The maximum absolute atomic E-state index is 12.5. The summed E-state index contributed by atoms with van der Waals surface area (Å²) in [5.41, 5.74) is 2.08. The van der Waals surface area contributed by atoms with Crippen molar-refractivity contribution in [1.82, 2.24) is 4.90 Å². The summed E-state index contributed by atoms with van der Waals surface area (Å²) in [6.45, 7) is 6.51. The predicted octanol–water partition coefficient (Wildman–Crippen LogP) is 4.05. The minimum Gasteiger partial charge on any atom is -0.377 e. The number of nitrogens with zero attached hydrogens (tertiary/aromatic N) is 1. The normalized spacial score (nSPS) is 11.5. The second-order valence-corrected chi connectivity index (χ2v) is 11.8. The van der Waals surface area contributed by atoms with E-state index in [-0.39, 0.29) is 43.8 Å². The molecule has 2 aromatic carbocycles. The maximum atomic E-state index is 12.5. The van der Waals surface area contributed by atoms with Crippen LogP contribution in [0.1, 0.15) is 18.1 Å². The van der Waals surface area contributed by atoms with Gasteiger partial charge in [0.05, 0.1) is 64.3 Å². The number of benzene rings is 2. The zero-order chi connectivity index (χ0) is 30.5. The molecule has 230 valence electrons. The lowest BCUT2D eigenvalue weighted by Gasteiger charge is -2.18. The van der Waals surface area contributed by atoms with Crippen LogP contribution in [0.3, 0.4) is 0 Å². The fraction of sp³-hybridized carbons (Fsp3) is 0.452. The Bertz CT molecular complexity index is 1230. The maximum Gasteiger partial charge on any atom is 0.297 e. The summed E-state index contributed by atoms with van der Waals surface area (Å²) in [4.78, 5) is 15.4. The van der Waals surface area contributed by atoms with Gasteiger partial charge in [-0.05, 0) is 36.4 Å². The van der Waals surface area contributed by atoms with E-state index >= 15 is 0 Å². The molecular formula is C31H41NO8S2. The molecular weight excluding hydrogens is 578 g/mol. The molecule has 0 aliphatic rings. The molecule has 0 bridgehead atoms. The van der Waals surface area contributed by atoms with Crippen molar-refractivity contribution in [1.29, 1.82) is 0 Å². The molecule has 0 radical (unpaired) electrons. The van der Waals surface area contributed by atoms with Crippen LogP contribution in [0.25, 0.3) is 6.08 Å². The van der Waals surface area contributed by atoms with Gasteiger partial charge in [0.1, 0.15) is 6.61 Å². The van der Waals surface area contributed by atoms with Crippen molar-refractivity contribution in [2.75, 3.05) is 78.3 Å². The standard InChI is InChI=1S/C31H41NO8S2/c1-4-16-32(17-8-10-28-9-6-7-11-30(28)41-5-2)31(33)26-39-23-22-37-19-18-36-20-21-38-24-25-40-42(34,35)29-14-12-27(3)13-15-29/h1,6-15H,5,16-26H2,2-3H3/b10-8+. The molecule has 0 saturated heterocycles. The molecule has 11 heteroatoms. The third-order valence-corrected chi connectivity index (χ3v) is 7.89. The van der Waals surface area contributed by atoms with Crippen LogP contribution in [0, 0.1) is 19.3 Å². The highest BCUT2D eigenvalue weighted by Crippen LogP contribution is 2.23. The fourth-order valence-corrected chi connectivity index (χ4v) is 5.14. The van der Waals surface area contributed by atoms with Crippen molar-refractivity contribution >= 4 is 33.9 Å². The SMILES string of the molecule is C#CCN(C/C=C/c1ccccc1SCC)C(=O)COCCOCCOCCOCCOS(=O)(=O)c1ccc(C)cc1. The van der Waals surface area contributed by atoms with Crippen LogP contribution in [-0.4, -0.2) is 97.5 Å². The summed E-state index contributed by atoms with van der Waals surface area (Å²) in [5, 5.41) is 0. The average Bonchev–Trinajstić information content (AvgIpc) is 2.98. The molecule has 0 aliphatic carbocycles. The van der Waals surface area contributed by atoms with Crippen molar-refractivity contribution in [3.05, 3.63) is 65.7 Å². The van der Waals surface area contributed by atoms with Crippen LogP contribution >= 0.6 is 11.8 Å². The topological polar surface area (TPSA) is 101 Å². The summed E-state index contributed by atoms with van der Waals surface area (Å²) in [6, 6.07) is 14.6. The zero-order valence-corrected chi connectivity index (χ0v) is 26.0. The Labute approximate surface area is 254 Å². The average molecular weight is 620 g/mol. The van der Waals surface area contributed by atoms with Crippen LogP contribution < -0.4 is 0 Å². The van der Waals surface area contributed by atoms with Crippen molar-refractivity contribution in [3.63, 3.8) is 0 Å². The second kappa shape index (κ2) is 21.1. The molecule has 0 spiro atoms. The first-order chi connectivity index (χ1) is 20.4. The molecule has 0 N–H and O–H groups in total. The highest BCUT2D eigenvalue weighted by atomic mass is 32.2. The lowest BCUT2D eigenvalue weighted by molar-refractivity contribution is -0.135. The Morgan fingerprint density at radius 2 is 1.50 bits per heavy atom. The number of carbonyl (C=O) groups is 1. The molecule has 0 heterocycles. The van der Waals surface area contributed by atoms with Gasteiger partial charge in [0.15, 0.2) is 0 Å². The van der Waals surface area contributed by atoms with Crippen molar-refractivity contribution < 1.29 is 36.3 Å². The summed E-state index contributed by atoms with van der Waals surface area (Å²) >= 11 is 1.77. The highest BCUT2D eigenvalue weighted by molar-refractivity contribution is 7.99. The van der Waals surface area contributed by atoms with Crippen LogP contribution in [0.4, 0.5) is 0 Å². The minimum atomic E-state index is -3.79. The van der Waals surface area contributed by atoms with E-state index in [1.54, 1.807) is 28.8 Å². The van der Waals surface area contributed by atoms with Crippen LogP contribution in [0.15, 0.2) is 64.4 Å². The van der Waals surface area contributed by atoms with E-state index in [4.69, 9.17) is 29.6 Å². The van der Waals surface area contributed by atoms with E-state index in [1.807, 2.05) is 37.3 Å². The number of terminal acetylenes is 1. The fourth-order valence-electron chi connectivity index (χ4n) is 3.46. The smallest absolute Gasteiger partial charge is 0.297 e. The lowest BCUT2D eigenvalue weighted by atomic mass is 10.2. The van der Waals surface area contributed by atoms with E-state index in [9.17, 15) is 13.2 Å². The largest absolute Gasteiger partial charge is 0.377 e. The Morgan fingerprint density at radius 3 is 2.12 bits per heavy atom. The molecule has 1 amide bonds. The molecule has 9 nitrogen and oxygen atoms in total. The molecule has 0 saturated carbocycles. The van der Waals surface area contributed by atoms with E-state index < -0.39 is 10.1 Å². The third-order valence-electron chi connectivity index (χ3n) is 5.59. The molecule has 0 aliphatic heterocycles. The van der Waals surface area contributed by atoms with E-state index in [0.717, 1.165) is 16.9 Å². The van der Waals surface area contributed by atoms with Gasteiger partial charge in [-0.15, -0.1) is 18.2 Å². The van der Waals surface area contributed by atoms with Gasteiger partial charge >= 0.3 is 0 Å². The first kappa shape index (κ1) is 35.5. The van der Waals surface area contributed by atoms with Gasteiger partial charge in [-0.3, -0.25) is 8.98 Å². The number of carbonyl (C=O) groups excluding carboxylic acids is 1. The summed E-state index contributed by atoms with van der Waals surface area (Å²) in [7, 11) is -3.79. The van der Waals surface area contributed by atoms with Crippen molar-refractivity contribution in [2.45, 2.75) is 23.6 Å². The first-order valence-corrected chi connectivity index (χ1v) is 16.1. The zero-order valence-electron chi connectivity index (χ0n) is 24.4. The second-order valence-electron chi connectivity index (χ2n) is 8.83. The van der Waals surface area contributed by atoms with Gasteiger partial charge in [0.2, 0.25) is 5.91 Å². The predicted molar refractivity (Wildman–Crippen MR) is 165 cm³/mol. The number of hydrogen-bond donors (Lipinski definition) is 0. The van der Waals surface area contributed by atoms with Crippen LogP contribution in [-0.2, 0) is 38.0 Å². The number of aryl methyl sites for hydroxylation is 1. The van der Waals surface area contributed by atoms with E-state index in [2.05, 4.69) is 18.9 Å².